The molecule has 0 spiro atoms. The van der Waals surface area contributed by atoms with Crippen molar-refractivity contribution in [3.8, 4) is 0 Å². The van der Waals surface area contributed by atoms with E-state index >= 15 is 0 Å². The lowest BCUT2D eigenvalue weighted by atomic mass is 9.92. The van der Waals surface area contributed by atoms with E-state index in [1.54, 1.807) is 0 Å². The molecule has 3 aliphatic rings. The van der Waals surface area contributed by atoms with Gasteiger partial charge in [-0.2, -0.15) is 0 Å². The van der Waals surface area contributed by atoms with Crippen LogP contribution in [0.25, 0.3) is 11.6 Å². The van der Waals surface area contributed by atoms with Crippen molar-refractivity contribution in [2.75, 3.05) is 0 Å². The van der Waals surface area contributed by atoms with Gasteiger partial charge in [-0.05, 0) is 52.5 Å². The van der Waals surface area contributed by atoms with Crippen LogP contribution >= 0.6 is 0 Å². The van der Waals surface area contributed by atoms with Gasteiger partial charge >= 0.3 is 1.43 Å². The zero-order valence-electron chi connectivity index (χ0n) is 12.1. The number of hydrogen-bond donors (Lipinski definition) is 1. The SMILES string of the molecule is C1=CC=C(C2=CCC3=Cc4ccccc4C3=C2)NC=C1.[H+]. The largest absolute Gasteiger partial charge is 1.00 e. The highest BCUT2D eigenvalue weighted by Crippen LogP contribution is 2.41. The first-order chi connectivity index (χ1) is 9.92. The molecule has 96 valence electrons. The van der Waals surface area contributed by atoms with Crippen molar-refractivity contribution in [2.24, 2.45) is 0 Å². The lowest BCUT2D eigenvalue weighted by molar-refractivity contribution is 1.07. The van der Waals surface area contributed by atoms with E-state index in [1.165, 1.54) is 27.8 Å². The summed E-state index contributed by atoms with van der Waals surface area (Å²) in [5, 5.41) is 3.34. The van der Waals surface area contributed by atoms with Crippen molar-refractivity contribution in [1.29, 1.82) is 0 Å². The zero-order chi connectivity index (χ0) is 13.4. The topological polar surface area (TPSA) is 12.0 Å². The lowest BCUT2D eigenvalue weighted by Gasteiger charge is -2.16. The fourth-order valence-electron chi connectivity index (χ4n) is 2.91. The molecule has 0 amide bonds. The molecule has 4 rings (SSSR count). The third kappa shape index (κ3) is 1.79. The van der Waals surface area contributed by atoms with E-state index in [9.17, 15) is 0 Å². The first-order valence-electron chi connectivity index (χ1n) is 6.94. The minimum atomic E-state index is 0. The first-order valence-corrected chi connectivity index (χ1v) is 6.94. The summed E-state index contributed by atoms with van der Waals surface area (Å²) in [7, 11) is 0. The second-order valence-corrected chi connectivity index (χ2v) is 5.15. The minimum Gasteiger partial charge on any atom is -0.361 e. The molecule has 0 fully saturated rings. The van der Waals surface area contributed by atoms with E-state index in [1.807, 2.05) is 18.4 Å². The van der Waals surface area contributed by atoms with Crippen molar-refractivity contribution < 1.29 is 1.43 Å². The van der Waals surface area contributed by atoms with Crippen LogP contribution in [-0.2, 0) is 0 Å². The average Bonchev–Trinajstić information content (AvgIpc) is 2.67. The summed E-state index contributed by atoms with van der Waals surface area (Å²) in [6.07, 6.45) is 18.1. The Labute approximate surface area is 120 Å². The van der Waals surface area contributed by atoms with Gasteiger partial charge in [0.2, 0.25) is 0 Å². The predicted octanol–water partition coefficient (Wildman–Crippen LogP) is 4.47. The van der Waals surface area contributed by atoms with Gasteiger partial charge in [-0.25, -0.2) is 0 Å². The third-order valence-electron chi connectivity index (χ3n) is 3.90. The van der Waals surface area contributed by atoms with Crippen LogP contribution < -0.4 is 5.32 Å². The Morgan fingerprint density at radius 2 is 1.95 bits per heavy atom. The van der Waals surface area contributed by atoms with E-state index in [2.05, 4.69) is 60.0 Å². The van der Waals surface area contributed by atoms with Crippen LogP contribution in [0, 0.1) is 0 Å². The molecule has 2 aliphatic carbocycles. The summed E-state index contributed by atoms with van der Waals surface area (Å²) in [5.74, 6) is 0. The maximum atomic E-state index is 3.34. The summed E-state index contributed by atoms with van der Waals surface area (Å²) in [6, 6.07) is 8.62. The van der Waals surface area contributed by atoms with Crippen LogP contribution in [0.2, 0.25) is 0 Å². The van der Waals surface area contributed by atoms with Crippen molar-refractivity contribution in [2.45, 2.75) is 6.42 Å². The molecule has 1 heteroatoms. The van der Waals surface area contributed by atoms with E-state index in [-0.39, 0.29) is 1.43 Å². The Bertz CT molecular complexity index is 758. The van der Waals surface area contributed by atoms with Crippen LogP contribution in [0.4, 0.5) is 0 Å². The van der Waals surface area contributed by atoms with Gasteiger partial charge in [-0.1, -0.05) is 48.6 Å². The monoisotopic (exact) mass is 258 g/mol. The predicted molar refractivity (Wildman–Crippen MR) is 85.7 cm³/mol. The standard InChI is InChI=1S/C19H15N/c1-2-8-19(20-11-5-1)16-10-9-15-12-14-6-3-4-7-17(14)18(15)13-16/h1-8,10-13,20H,9H2/p+1. The molecule has 0 unspecified atom stereocenters. The maximum Gasteiger partial charge on any atom is 1.00 e. The molecule has 0 radical (unpaired) electrons. The molecule has 0 saturated heterocycles. The van der Waals surface area contributed by atoms with E-state index in [4.69, 9.17) is 0 Å². The Balaban J connectivity index is 0.00000132. The number of benzene rings is 1. The van der Waals surface area contributed by atoms with Gasteiger partial charge < -0.3 is 5.32 Å². The normalized spacial score (nSPS) is 19.0. The molecule has 0 saturated carbocycles. The summed E-state index contributed by atoms with van der Waals surface area (Å²) < 4.78 is 0. The fourth-order valence-corrected chi connectivity index (χ4v) is 2.91. The molecule has 1 aliphatic heterocycles. The average molecular weight is 258 g/mol. The van der Waals surface area contributed by atoms with Crippen molar-refractivity contribution in [1.82, 2.24) is 5.32 Å². The maximum absolute atomic E-state index is 3.34. The van der Waals surface area contributed by atoms with Gasteiger partial charge in [-0.15, -0.1) is 0 Å². The van der Waals surface area contributed by atoms with Crippen LogP contribution in [0.5, 0.6) is 0 Å². The van der Waals surface area contributed by atoms with Crippen LogP contribution in [-0.4, -0.2) is 0 Å². The number of hydrogen-bond acceptors (Lipinski definition) is 1. The van der Waals surface area contributed by atoms with Crippen molar-refractivity contribution in [3.63, 3.8) is 0 Å². The Hall–Kier alpha value is -2.54. The number of nitrogens with one attached hydrogen (secondary N) is 1. The molecule has 20 heavy (non-hydrogen) atoms. The zero-order valence-corrected chi connectivity index (χ0v) is 11.1. The second kappa shape index (κ2) is 4.53. The van der Waals surface area contributed by atoms with Crippen molar-refractivity contribution in [3.05, 3.63) is 94.9 Å². The van der Waals surface area contributed by atoms with Crippen LogP contribution in [0.15, 0.2) is 83.8 Å². The molecular formula is C19H16N+. The van der Waals surface area contributed by atoms with Crippen LogP contribution in [0.3, 0.4) is 0 Å². The molecule has 0 bridgehead atoms. The van der Waals surface area contributed by atoms with Crippen molar-refractivity contribution >= 4 is 11.6 Å². The summed E-state index contributed by atoms with van der Waals surface area (Å²) in [6.45, 7) is 0. The van der Waals surface area contributed by atoms with Gasteiger partial charge in [0.15, 0.2) is 0 Å². The molecule has 0 atom stereocenters. The number of rotatable bonds is 1. The Kier molecular flexibility index (Phi) is 2.56. The summed E-state index contributed by atoms with van der Waals surface area (Å²) in [5.41, 5.74) is 7.92. The Morgan fingerprint density at radius 3 is 2.95 bits per heavy atom. The highest BCUT2D eigenvalue weighted by atomic mass is 14.8. The van der Waals surface area contributed by atoms with Crippen LogP contribution in [0.1, 0.15) is 19.0 Å². The second-order valence-electron chi connectivity index (χ2n) is 5.15. The van der Waals surface area contributed by atoms with Gasteiger partial charge in [0.1, 0.15) is 0 Å². The minimum absolute atomic E-state index is 0. The third-order valence-corrected chi connectivity index (χ3v) is 3.90. The van der Waals surface area contributed by atoms with Gasteiger partial charge in [0.05, 0.1) is 0 Å². The molecule has 0 aromatic heterocycles. The summed E-state index contributed by atoms with van der Waals surface area (Å²) in [4.78, 5) is 0. The molecule has 1 nitrogen and oxygen atoms in total. The first kappa shape index (κ1) is 11.3. The smallest absolute Gasteiger partial charge is 0.361 e. The molecule has 1 heterocycles. The van der Waals surface area contributed by atoms with E-state index in [0.717, 1.165) is 12.1 Å². The van der Waals surface area contributed by atoms with Gasteiger partial charge in [-0.3, -0.25) is 0 Å². The lowest BCUT2D eigenvalue weighted by Crippen LogP contribution is -2.07. The number of allylic oxidation sites excluding steroid dienone is 8. The number of fused-ring (bicyclic) bond motifs is 3. The van der Waals surface area contributed by atoms with E-state index < -0.39 is 0 Å². The highest BCUT2D eigenvalue weighted by molar-refractivity contribution is 5.96. The molecular weight excluding hydrogens is 242 g/mol. The summed E-state index contributed by atoms with van der Waals surface area (Å²) >= 11 is 0. The van der Waals surface area contributed by atoms with Gasteiger partial charge in [0, 0.05) is 11.9 Å². The Morgan fingerprint density at radius 1 is 1.00 bits per heavy atom. The molecule has 1 aromatic rings. The molecule has 1 aromatic carbocycles. The molecule has 1 N–H and O–H groups in total. The van der Waals surface area contributed by atoms with Gasteiger partial charge in [0.25, 0.3) is 0 Å². The highest BCUT2D eigenvalue weighted by Gasteiger charge is 2.21. The quantitative estimate of drug-likeness (QED) is 0.783. The van der Waals surface area contributed by atoms with E-state index in [0.29, 0.717) is 0 Å². The fraction of sp³-hybridized carbons (Fsp3) is 0.0526.